The maximum absolute atomic E-state index is 12.1. The van der Waals surface area contributed by atoms with Crippen molar-refractivity contribution in [1.82, 2.24) is 0 Å². The van der Waals surface area contributed by atoms with Crippen LogP contribution in [-0.4, -0.2) is 46.8 Å². The normalized spacial score (nSPS) is 46.1. The predicted octanol–water partition coefficient (Wildman–Crippen LogP) is 7.78. The third kappa shape index (κ3) is 4.64. The van der Waals surface area contributed by atoms with Gasteiger partial charge in [-0.05, 0) is 144 Å². The lowest BCUT2D eigenvalue weighted by Crippen LogP contribution is -2.66. The summed E-state index contributed by atoms with van der Waals surface area (Å²) >= 11 is 0. The zero-order valence-corrected chi connectivity index (χ0v) is 26.7. The van der Waals surface area contributed by atoms with E-state index in [1.807, 2.05) is 0 Å². The fourth-order valence-corrected chi connectivity index (χ4v) is 11.5. The molecule has 4 rings (SSSR count). The maximum atomic E-state index is 12.1. The van der Waals surface area contributed by atoms with Crippen molar-refractivity contribution < 1.29 is 19.7 Å². The molecule has 4 saturated carbocycles. The SMILES string of the molecule is CCOC(C)(C)CCC[C@](C)(OCC)C1CC[C@]2(C)C1[C@H](O)CC1[C@@]3(C)CC[C@H](O)C(C)(C)C3CC[C@]12C. The van der Waals surface area contributed by atoms with Crippen molar-refractivity contribution in [2.24, 2.45) is 45.3 Å². The van der Waals surface area contributed by atoms with Crippen LogP contribution in [-0.2, 0) is 9.47 Å². The van der Waals surface area contributed by atoms with Gasteiger partial charge in [0.2, 0.25) is 0 Å². The fourth-order valence-electron chi connectivity index (χ4n) is 11.5. The Morgan fingerprint density at radius 1 is 0.763 bits per heavy atom. The average Bonchev–Trinajstić information content (AvgIpc) is 3.19. The fraction of sp³-hybridized carbons (Fsp3) is 1.00. The van der Waals surface area contributed by atoms with E-state index < -0.39 is 0 Å². The standard InChI is InChI=1S/C34H62O4/c1-11-37-29(3,4)17-13-18-34(10,38-12-2)23-14-20-33(9)28(23)24(35)22-26-31(7)19-16-27(36)30(5,6)25(31)15-21-32(26,33)8/h23-28,35-36H,11-22H2,1-10H3/t23?,24-,25?,26?,27+,28?,31+,32-,33-,34+/m1/s1. The second-order valence-electron chi connectivity index (χ2n) is 16.1. The molecule has 222 valence electrons. The zero-order chi connectivity index (χ0) is 28.4. The van der Waals surface area contributed by atoms with E-state index in [9.17, 15) is 10.2 Å². The van der Waals surface area contributed by atoms with Crippen LogP contribution >= 0.6 is 0 Å². The molecule has 0 aliphatic heterocycles. The molecule has 2 N–H and O–H groups in total. The predicted molar refractivity (Wildman–Crippen MR) is 156 cm³/mol. The Bertz CT molecular complexity index is 838. The summed E-state index contributed by atoms with van der Waals surface area (Å²) in [5, 5.41) is 23.0. The van der Waals surface area contributed by atoms with Gasteiger partial charge in [-0.1, -0.05) is 34.6 Å². The number of aliphatic hydroxyl groups excluding tert-OH is 2. The molecule has 0 aromatic rings. The highest BCUT2D eigenvalue weighted by molar-refractivity contribution is 5.20. The summed E-state index contributed by atoms with van der Waals surface area (Å²) in [6, 6.07) is 0. The summed E-state index contributed by atoms with van der Waals surface area (Å²) in [5.74, 6) is 1.68. The molecule has 4 nitrogen and oxygen atoms in total. The minimum Gasteiger partial charge on any atom is -0.393 e. The molecule has 4 aliphatic carbocycles. The molecule has 0 bridgehead atoms. The lowest BCUT2D eigenvalue weighted by molar-refractivity contribution is -0.248. The molecule has 0 aromatic carbocycles. The van der Waals surface area contributed by atoms with E-state index in [0.29, 0.717) is 17.8 Å². The number of rotatable bonds is 9. The molecule has 0 radical (unpaired) electrons. The van der Waals surface area contributed by atoms with E-state index in [0.717, 1.165) is 58.2 Å². The van der Waals surface area contributed by atoms with Crippen LogP contribution in [0.15, 0.2) is 0 Å². The highest BCUT2D eigenvalue weighted by Crippen LogP contribution is 2.75. The Hall–Kier alpha value is -0.160. The zero-order valence-electron chi connectivity index (χ0n) is 26.7. The number of ether oxygens (including phenoxy) is 2. The van der Waals surface area contributed by atoms with E-state index in [1.54, 1.807) is 0 Å². The topological polar surface area (TPSA) is 58.9 Å². The molecule has 0 saturated heterocycles. The van der Waals surface area contributed by atoms with E-state index in [1.165, 1.54) is 19.3 Å². The second kappa shape index (κ2) is 10.3. The highest BCUT2D eigenvalue weighted by Gasteiger charge is 2.71. The monoisotopic (exact) mass is 534 g/mol. The van der Waals surface area contributed by atoms with Crippen LogP contribution in [0, 0.1) is 45.3 Å². The van der Waals surface area contributed by atoms with Gasteiger partial charge in [0.1, 0.15) is 0 Å². The molecule has 38 heavy (non-hydrogen) atoms. The first-order valence-corrected chi connectivity index (χ1v) is 16.2. The van der Waals surface area contributed by atoms with Crippen molar-refractivity contribution in [3.8, 4) is 0 Å². The van der Waals surface area contributed by atoms with Gasteiger partial charge in [-0.2, -0.15) is 0 Å². The van der Waals surface area contributed by atoms with Crippen LogP contribution in [0.1, 0.15) is 133 Å². The Morgan fingerprint density at radius 3 is 2.03 bits per heavy atom. The van der Waals surface area contributed by atoms with Gasteiger partial charge in [-0.3, -0.25) is 0 Å². The molecular weight excluding hydrogens is 472 g/mol. The minimum atomic E-state index is -0.282. The average molecular weight is 535 g/mol. The molecule has 4 unspecified atom stereocenters. The van der Waals surface area contributed by atoms with Crippen molar-refractivity contribution in [1.29, 1.82) is 0 Å². The van der Waals surface area contributed by atoms with E-state index in [4.69, 9.17) is 9.47 Å². The van der Waals surface area contributed by atoms with Crippen LogP contribution in [0.25, 0.3) is 0 Å². The number of hydrogen-bond donors (Lipinski definition) is 2. The largest absolute Gasteiger partial charge is 0.393 e. The van der Waals surface area contributed by atoms with Crippen molar-refractivity contribution in [2.75, 3.05) is 13.2 Å². The molecular formula is C34H62O4. The lowest BCUT2D eigenvalue weighted by atomic mass is 9.35. The van der Waals surface area contributed by atoms with Crippen LogP contribution in [0.4, 0.5) is 0 Å². The van der Waals surface area contributed by atoms with Gasteiger partial charge in [0, 0.05) is 13.2 Å². The molecule has 0 amide bonds. The second-order valence-corrected chi connectivity index (χ2v) is 16.1. The highest BCUT2D eigenvalue weighted by atomic mass is 16.5. The van der Waals surface area contributed by atoms with Crippen molar-refractivity contribution in [2.45, 2.75) is 157 Å². The molecule has 0 spiro atoms. The summed E-state index contributed by atoms with van der Waals surface area (Å²) in [6.07, 6.45) is 10.3. The number of fused-ring (bicyclic) bond motifs is 5. The third-order valence-corrected chi connectivity index (χ3v) is 13.6. The molecule has 4 fully saturated rings. The molecule has 0 heterocycles. The van der Waals surface area contributed by atoms with Gasteiger partial charge in [-0.15, -0.1) is 0 Å². The lowest BCUT2D eigenvalue weighted by Gasteiger charge is -2.70. The maximum Gasteiger partial charge on any atom is 0.0686 e. The molecule has 10 atom stereocenters. The Kier molecular flexibility index (Phi) is 8.33. The summed E-state index contributed by atoms with van der Waals surface area (Å²) in [6.45, 7) is 24.7. The first-order valence-electron chi connectivity index (χ1n) is 16.2. The molecule has 4 heteroatoms. The Labute approximate surface area is 235 Å². The van der Waals surface area contributed by atoms with E-state index >= 15 is 0 Å². The van der Waals surface area contributed by atoms with Crippen molar-refractivity contribution >= 4 is 0 Å². The van der Waals surface area contributed by atoms with Crippen LogP contribution in [0.2, 0.25) is 0 Å². The Morgan fingerprint density at radius 2 is 1.39 bits per heavy atom. The quantitative estimate of drug-likeness (QED) is 0.317. The van der Waals surface area contributed by atoms with Crippen molar-refractivity contribution in [3.05, 3.63) is 0 Å². The summed E-state index contributed by atoms with van der Waals surface area (Å²) in [7, 11) is 0. The van der Waals surface area contributed by atoms with Gasteiger partial charge >= 0.3 is 0 Å². The van der Waals surface area contributed by atoms with Crippen LogP contribution < -0.4 is 0 Å². The van der Waals surface area contributed by atoms with Crippen LogP contribution in [0.5, 0.6) is 0 Å². The summed E-state index contributed by atoms with van der Waals surface area (Å²) in [5.41, 5.74) is 0.111. The molecule has 0 aromatic heterocycles. The smallest absolute Gasteiger partial charge is 0.0686 e. The first kappa shape index (κ1) is 30.8. The summed E-state index contributed by atoms with van der Waals surface area (Å²) < 4.78 is 12.7. The third-order valence-electron chi connectivity index (χ3n) is 13.6. The van der Waals surface area contributed by atoms with Crippen molar-refractivity contribution in [3.63, 3.8) is 0 Å². The molecule has 4 aliphatic rings. The van der Waals surface area contributed by atoms with Crippen LogP contribution in [0.3, 0.4) is 0 Å². The first-order chi connectivity index (χ1) is 17.5. The number of aliphatic hydroxyl groups is 2. The van der Waals surface area contributed by atoms with E-state index in [2.05, 4.69) is 69.2 Å². The summed E-state index contributed by atoms with van der Waals surface area (Å²) in [4.78, 5) is 0. The Balaban J connectivity index is 1.62. The van der Waals surface area contributed by atoms with E-state index in [-0.39, 0.29) is 51.0 Å². The minimum absolute atomic E-state index is 0.0575. The van der Waals surface area contributed by atoms with Gasteiger partial charge in [0.25, 0.3) is 0 Å². The number of hydrogen-bond acceptors (Lipinski definition) is 4. The van der Waals surface area contributed by atoms with Gasteiger partial charge in [0.15, 0.2) is 0 Å². The van der Waals surface area contributed by atoms with Gasteiger partial charge in [-0.25, -0.2) is 0 Å². The van der Waals surface area contributed by atoms with Gasteiger partial charge < -0.3 is 19.7 Å². The van der Waals surface area contributed by atoms with Gasteiger partial charge in [0.05, 0.1) is 23.4 Å².